The van der Waals surface area contributed by atoms with E-state index in [1.807, 2.05) is 24.3 Å². The van der Waals surface area contributed by atoms with E-state index in [1.165, 1.54) is 6.08 Å². The summed E-state index contributed by atoms with van der Waals surface area (Å²) < 4.78 is 0. The molecule has 0 saturated heterocycles. The average Bonchev–Trinajstić information content (AvgIpc) is 2.03. The number of nitriles is 1. The minimum atomic E-state index is 0.809. The molecule has 1 heterocycles. The maximum absolute atomic E-state index is 8.16. The Labute approximate surface area is 59.4 Å². The summed E-state index contributed by atoms with van der Waals surface area (Å²) in [6, 6.07) is 7.45. The van der Waals surface area contributed by atoms with Crippen LogP contribution in [0, 0.1) is 11.3 Å². The Bertz CT molecular complexity index is 256. The molecule has 0 spiro atoms. The van der Waals surface area contributed by atoms with E-state index in [-0.39, 0.29) is 0 Å². The summed E-state index contributed by atoms with van der Waals surface area (Å²) in [5.74, 6) is 0. The van der Waals surface area contributed by atoms with Crippen molar-refractivity contribution in [3.05, 3.63) is 36.2 Å². The molecule has 0 N–H and O–H groups in total. The normalized spacial score (nSPS) is 9.50. The summed E-state index contributed by atoms with van der Waals surface area (Å²) in [6.07, 6.45) is 4.76. The molecule has 0 aromatic carbocycles. The topological polar surface area (TPSA) is 36.7 Å². The molecule has 0 atom stereocenters. The van der Waals surface area contributed by atoms with Gasteiger partial charge in [-0.3, -0.25) is 4.98 Å². The lowest BCUT2D eigenvalue weighted by Gasteiger charge is -1.85. The first-order chi connectivity index (χ1) is 4.93. The fraction of sp³-hybridized carbons (Fsp3) is 0. The molecule has 0 radical (unpaired) electrons. The first-order valence-corrected chi connectivity index (χ1v) is 2.90. The predicted molar refractivity (Wildman–Crippen MR) is 38.9 cm³/mol. The molecule has 0 aliphatic heterocycles. The first-order valence-electron chi connectivity index (χ1n) is 2.90. The number of hydrogen-bond acceptors (Lipinski definition) is 2. The highest BCUT2D eigenvalue weighted by Gasteiger charge is 1.80. The molecule has 2 nitrogen and oxygen atoms in total. The highest BCUT2D eigenvalue weighted by Crippen LogP contribution is 1.94. The molecule has 0 saturated carbocycles. The number of pyridine rings is 1. The number of hydrogen-bond donors (Lipinski definition) is 0. The van der Waals surface area contributed by atoms with E-state index in [0.29, 0.717) is 0 Å². The molecular formula is C8H6N2. The lowest BCUT2D eigenvalue weighted by molar-refractivity contribution is 1.30. The molecule has 0 aliphatic carbocycles. The second-order valence-corrected chi connectivity index (χ2v) is 1.72. The molecule has 0 bridgehead atoms. The van der Waals surface area contributed by atoms with E-state index in [4.69, 9.17) is 5.26 Å². The summed E-state index contributed by atoms with van der Waals surface area (Å²) in [5.41, 5.74) is 0.809. The van der Waals surface area contributed by atoms with E-state index in [9.17, 15) is 0 Å². The smallest absolute Gasteiger partial charge is 0.0912 e. The van der Waals surface area contributed by atoms with Crippen molar-refractivity contribution >= 4 is 6.08 Å². The minimum Gasteiger partial charge on any atom is -0.257 e. The number of allylic oxidation sites excluding steroid dienone is 1. The van der Waals surface area contributed by atoms with Crippen LogP contribution in [0.3, 0.4) is 0 Å². The third-order valence-electron chi connectivity index (χ3n) is 1.02. The SMILES string of the molecule is N#CC=Cc1ccccn1. The molecular weight excluding hydrogens is 124 g/mol. The number of rotatable bonds is 1. The van der Waals surface area contributed by atoms with Gasteiger partial charge in [0.15, 0.2) is 0 Å². The van der Waals surface area contributed by atoms with Gasteiger partial charge in [0.25, 0.3) is 0 Å². The van der Waals surface area contributed by atoms with Crippen LogP contribution in [0.5, 0.6) is 0 Å². The average molecular weight is 130 g/mol. The van der Waals surface area contributed by atoms with Gasteiger partial charge in [0, 0.05) is 12.3 Å². The summed E-state index contributed by atoms with van der Waals surface area (Å²) in [5, 5.41) is 8.16. The quantitative estimate of drug-likeness (QED) is 0.541. The third kappa shape index (κ3) is 1.71. The van der Waals surface area contributed by atoms with Crippen molar-refractivity contribution in [1.82, 2.24) is 4.98 Å². The van der Waals surface area contributed by atoms with Crippen molar-refractivity contribution in [2.45, 2.75) is 0 Å². The predicted octanol–water partition coefficient (Wildman–Crippen LogP) is 1.62. The molecule has 1 aromatic heterocycles. The van der Waals surface area contributed by atoms with Gasteiger partial charge >= 0.3 is 0 Å². The van der Waals surface area contributed by atoms with Crippen LogP contribution in [-0.4, -0.2) is 4.98 Å². The van der Waals surface area contributed by atoms with Gasteiger partial charge in [0.05, 0.1) is 11.8 Å². The largest absolute Gasteiger partial charge is 0.257 e. The zero-order chi connectivity index (χ0) is 7.23. The second-order valence-electron chi connectivity index (χ2n) is 1.72. The third-order valence-corrected chi connectivity index (χ3v) is 1.02. The molecule has 0 unspecified atom stereocenters. The Morgan fingerprint density at radius 1 is 1.50 bits per heavy atom. The minimum absolute atomic E-state index is 0.809. The Morgan fingerprint density at radius 2 is 2.40 bits per heavy atom. The summed E-state index contributed by atoms with van der Waals surface area (Å²) in [6.45, 7) is 0. The highest BCUT2D eigenvalue weighted by atomic mass is 14.6. The van der Waals surface area contributed by atoms with Crippen molar-refractivity contribution in [3.8, 4) is 6.07 Å². The van der Waals surface area contributed by atoms with Crippen molar-refractivity contribution in [2.24, 2.45) is 0 Å². The van der Waals surface area contributed by atoms with Gasteiger partial charge in [-0.05, 0) is 18.2 Å². The maximum atomic E-state index is 8.16. The van der Waals surface area contributed by atoms with E-state index >= 15 is 0 Å². The number of nitrogens with zero attached hydrogens (tertiary/aromatic N) is 2. The monoisotopic (exact) mass is 130 g/mol. The van der Waals surface area contributed by atoms with Gasteiger partial charge in [0.1, 0.15) is 0 Å². The zero-order valence-corrected chi connectivity index (χ0v) is 5.36. The molecule has 2 heteroatoms. The summed E-state index contributed by atoms with van der Waals surface area (Å²) in [7, 11) is 0. The van der Waals surface area contributed by atoms with E-state index in [2.05, 4.69) is 4.98 Å². The van der Waals surface area contributed by atoms with Crippen LogP contribution in [-0.2, 0) is 0 Å². The standard InChI is InChI=1S/C8H6N2/c9-6-3-5-8-4-1-2-7-10-8/h1-5,7H. The summed E-state index contributed by atoms with van der Waals surface area (Å²) >= 11 is 0. The molecule has 1 rings (SSSR count). The van der Waals surface area contributed by atoms with Gasteiger partial charge in [-0.2, -0.15) is 5.26 Å². The van der Waals surface area contributed by atoms with Crippen molar-refractivity contribution in [3.63, 3.8) is 0 Å². The Morgan fingerprint density at radius 3 is 3.00 bits per heavy atom. The van der Waals surface area contributed by atoms with E-state index < -0.39 is 0 Å². The van der Waals surface area contributed by atoms with Gasteiger partial charge in [-0.15, -0.1) is 0 Å². The van der Waals surface area contributed by atoms with Crippen molar-refractivity contribution in [2.75, 3.05) is 0 Å². The molecule has 1 aromatic rings. The van der Waals surface area contributed by atoms with Crippen molar-refractivity contribution < 1.29 is 0 Å². The van der Waals surface area contributed by atoms with Crippen LogP contribution in [0.4, 0.5) is 0 Å². The molecule has 48 valence electrons. The number of aromatic nitrogens is 1. The Hall–Kier alpha value is -1.62. The first kappa shape index (κ1) is 6.50. The highest BCUT2D eigenvalue weighted by molar-refractivity contribution is 5.46. The molecule has 0 fully saturated rings. The van der Waals surface area contributed by atoms with E-state index in [0.717, 1.165) is 5.69 Å². The van der Waals surface area contributed by atoms with Gasteiger partial charge in [-0.25, -0.2) is 0 Å². The summed E-state index contributed by atoms with van der Waals surface area (Å²) in [4.78, 5) is 3.98. The van der Waals surface area contributed by atoms with Crippen LogP contribution < -0.4 is 0 Å². The lowest BCUT2D eigenvalue weighted by atomic mass is 10.3. The van der Waals surface area contributed by atoms with Crippen LogP contribution in [0.15, 0.2) is 30.5 Å². The second kappa shape index (κ2) is 3.41. The van der Waals surface area contributed by atoms with Crippen molar-refractivity contribution in [1.29, 1.82) is 5.26 Å². The molecule has 0 aliphatic rings. The van der Waals surface area contributed by atoms with Crippen LogP contribution in [0.1, 0.15) is 5.69 Å². The van der Waals surface area contributed by atoms with Gasteiger partial charge in [0.2, 0.25) is 0 Å². The van der Waals surface area contributed by atoms with Crippen LogP contribution in [0.2, 0.25) is 0 Å². The Balaban J connectivity index is 2.79. The zero-order valence-electron chi connectivity index (χ0n) is 5.36. The van der Waals surface area contributed by atoms with Crippen LogP contribution in [0.25, 0.3) is 6.08 Å². The molecule has 0 amide bonds. The van der Waals surface area contributed by atoms with E-state index in [1.54, 1.807) is 12.3 Å². The lowest BCUT2D eigenvalue weighted by Crippen LogP contribution is -1.74. The maximum Gasteiger partial charge on any atom is 0.0912 e. The molecule has 10 heavy (non-hydrogen) atoms. The fourth-order valence-electron chi connectivity index (χ4n) is 0.597. The Kier molecular flexibility index (Phi) is 2.22. The fourth-order valence-corrected chi connectivity index (χ4v) is 0.597. The van der Waals surface area contributed by atoms with Crippen LogP contribution >= 0.6 is 0 Å². The van der Waals surface area contributed by atoms with Gasteiger partial charge in [-0.1, -0.05) is 6.07 Å². The van der Waals surface area contributed by atoms with Gasteiger partial charge < -0.3 is 0 Å².